The van der Waals surface area contributed by atoms with E-state index in [1.807, 2.05) is 0 Å². The van der Waals surface area contributed by atoms with Gasteiger partial charge in [0.15, 0.2) is 0 Å². The largest absolute Gasteiger partial charge is 2.00 e. The molecule has 0 saturated carbocycles. The second kappa shape index (κ2) is 6.51. The van der Waals surface area contributed by atoms with E-state index in [9.17, 15) is 0 Å². The minimum absolute atomic E-state index is 0. The summed E-state index contributed by atoms with van der Waals surface area (Å²) in [6, 6.07) is 0. The average Bonchev–Trinajstić information content (AvgIpc) is 2.99. The molecule has 2 heterocycles. The van der Waals surface area contributed by atoms with Crippen LogP contribution in [0.2, 0.25) is 13.1 Å². The van der Waals surface area contributed by atoms with Gasteiger partial charge in [0.25, 0.3) is 0 Å². The van der Waals surface area contributed by atoms with Crippen LogP contribution in [0.25, 0.3) is 0 Å². The van der Waals surface area contributed by atoms with Crippen LogP contribution in [0.5, 0.6) is 0 Å². The van der Waals surface area contributed by atoms with E-state index in [2.05, 4.69) is 51.2 Å². The van der Waals surface area contributed by atoms with Gasteiger partial charge in [-0.05, 0) is 40.0 Å². The molecule has 5 heteroatoms. The van der Waals surface area contributed by atoms with E-state index in [0.29, 0.717) is 5.92 Å². The zero-order chi connectivity index (χ0) is 13.4. The van der Waals surface area contributed by atoms with Gasteiger partial charge in [0.2, 0.25) is 0 Å². The third-order valence-corrected chi connectivity index (χ3v) is 8.24. The summed E-state index contributed by atoms with van der Waals surface area (Å²) < 4.78 is 0. The molecule has 0 bridgehead atoms. The number of hydrogen-bond acceptors (Lipinski definition) is 1. The van der Waals surface area contributed by atoms with Crippen molar-refractivity contribution in [3.63, 3.8) is 0 Å². The fourth-order valence-corrected chi connectivity index (χ4v) is 7.57. The molecule has 2 aliphatic heterocycles. The van der Waals surface area contributed by atoms with E-state index in [0.717, 1.165) is 6.42 Å². The predicted octanol–water partition coefficient (Wildman–Crippen LogP) is -1.72. The normalized spacial score (nSPS) is 22.3. The van der Waals surface area contributed by atoms with Gasteiger partial charge in [-0.15, -0.1) is 0 Å². The quantitative estimate of drug-likeness (QED) is 0.465. The van der Waals surface area contributed by atoms with E-state index < -0.39 is 8.07 Å². The number of aliphatic imine (C=N–C) groups is 1. The Morgan fingerprint density at radius 2 is 1.82 bits per heavy atom. The van der Waals surface area contributed by atoms with Crippen LogP contribution in [-0.4, -0.2) is 13.8 Å². The van der Waals surface area contributed by atoms with Gasteiger partial charge in [-0.2, -0.15) is 0 Å². The van der Waals surface area contributed by atoms with Gasteiger partial charge in [-0.25, -0.2) is 0 Å². The van der Waals surface area contributed by atoms with Crippen molar-refractivity contribution < 1.29 is 51.0 Å². The van der Waals surface area contributed by atoms with Gasteiger partial charge in [0.1, 0.15) is 8.07 Å². The SMILES string of the molecule is CC(C)C1=NC2=CC(C3=CC=CC3)=C3C2=C1[Si]3(C)C.[Cl-].[Cl-].[Zr+2]. The Morgan fingerprint density at radius 3 is 2.36 bits per heavy atom. The van der Waals surface area contributed by atoms with Crippen LogP contribution < -0.4 is 24.8 Å². The van der Waals surface area contributed by atoms with Crippen molar-refractivity contribution in [2.75, 3.05) is 0 Å². The molecule has 0 spiro atoms. The molecule has 0 amide bonds. The molecule has 4 rings (SSSR count). The smallest absolute Gasteiger partial charge is 1.00 e. The molecule has 2 aliphatic carbocycles. The summed E-state index contributed by atoms with van der Waals surface area (Å²) in [5, 5.41) is 3.32. The first-order valence-electron chi connectivity index (χ1n) is 7.19. The topological polar surface area (TPSA) is 12.4 Å². The minimum atomic E-state index is -1.42. The van der Waals surface area contributed by atoms with Gasteiger partial charge in [-0.3, -0.25) is 4.99 Å². The summed E-state index contributed by atoms with van der Waals surface area (Å²) in [6.45, 7) is 9.52. The third-order valence-electron chi connectivity index (χ3n) is 4.72. The summed E-state index contributed by atoms with van der Waals surface area (Å²) in [7, 11) is -1.42. The van der Waals surface area contributed by atoms with Crippen molar-refractivity contribution in [2.24, 2.45) is 10.9 Å². The Morgan fingerprint density at radius 1 is 1.14 bits per heavy atom. The van der Waals surface area contributed by atoms with Crippen molar-refractivity contribution in [1.82, 2.24) is 0 Å². The first-order chi connectivity index (χ1) is 9.01. The second-order valence-corrected chi connectivity index (χ2v) is 10.9. The maximum atomic E-state index is 4.94. The Bertz CT molecular complexity index is 706. The fourth-order valence-electron chi connectivity index (χ4n) is 3.86. The first kappa shape index (κ1) is 20.1. The van der Waals surface area contributed by atoms with Crippen LogP contribution in [0.4, 0.5) is 0 Å². The summed E-state index contributed by atoms with van der Waals surface area (Å²) in [5.74, 6) is 0.554. The minimum Gasteiger partial charge on any atom is -1.00 e. The third kappa shape index (κ3) is 2.40. The first-order valence-corrected chi connectivity index (χ1v) is 10.2. The molecule has 0 fully saturated rings. The van der Waals surface area contributed by atoms with Crippen LogP contribution in [0.15, 0.2) is 62.1 Å². The van der Waals surface area contributed by atoms with Crippen LogP contribution in [0, 0.1) is 5.92 Å². The van der Waals surface area contributed by atoms with E-state index >= 15 is 0 Å². The van der Waals surface area contributed by atoms with Crippen molar-refractivity contribution in [3.8, 4) is 0 Å². The second-order valence-electron chi connectivity index (χ2n) is 6.67. The van der Waals surface area contributed by atoms with Gasteiger partial charge < -0.3 is 24.8 Å². The molecular formula is C17H19Cl2NSiZr. The molecule has 1 nitrogen and oxygen atoms in total. The van der Waals surface area contributed by atoms with Crippen LogP contribution in [0.3, 0.4) is 0 Å². The molecule has 0 atom stereocenters. The number of allylic oxidation sites excluding steroid dienone is 8. The molecule has 0 aromatic heterocycles. The van der Waals surface area contributed by atoms with Crippen molar-refractivity contribution in [2.45, 2.75) is 33.4 Å². The molecule has 0 unspecified atom stereocenters. The van der Waals surface area contributed by atoms with Gasteiger partial charge >= 0.3 is 26.2 Å². The van der Waals surface area contributed by atoms with Crippen LogP contribution in [0.1, 0.15) is 20.3 Å². The summed E-state index contributed by atoms with van der Waals surface area (Å²) in [6.07, 6.45) is 10.1. The molecule has 0 aromatic rings. The molecule has 0 saturated heterocycles. The van der Waals surface area contributed by atoms with Crippen LogP contribution in [-0.2, 0) is 26.2 Å². The molecule has 4 aliphatic rings. The monoisotopic (exact) mass is 425 g/mol. The molecule has 22 heavy (non-hydrogen) atoms. The molecule has 0 aromatic carbocycles. The number of rotatable bonds is 2. The van der Waals surface area contributed by atoms with Crippen LogP contribution >= 0.6 is 0 Å². The van der Waals surface area contributed by atoms with Gasteiger partial charge in [0, 0.05) is 11.3 Å². The van der Waals surface area contributed by atoms with Crippen molar-refractivity contribution in [1.29, 1.82) is 0 Å². The molecule has 0 N–H and O–H groups in total. The molecular weight excluding hydrogens is 408 g/mol. The number of nitrogens with zero attached hydrogens (tertiary/aromatic N) is 1. The van der Waals surface area contributed by atoms with Gasteiger partial charge in [-0.1, -0.05) is 45.2 Å². The average molecular weight is 428 g/mol. The molecule has 114 valence electrons. The van der Waals surface area contributed by atoms with E-state index in [-0.39, 0.29) is 51.0 Å². The fraction of sp³-hybridized carbons (Fsp3) is 0.353. The predicted molar refractivity (Wildman–Crippen MR) is 83.7 cm³/mol. The van der Waals surface area contributed by atoms with E-state index in [4.69, 9.17) is 4.99 Å². The zero-order valence-corrected chi connectivity index (χ0v) is 18.3. The zero-order valence-electron chi connectivity index (χ0n) is 13.3. The Kier molecular flexibility index (Phi) is 5.95. The molecule has 0 radical (unpaired) electrons. The maximum Gasteiger partial charge on any atom is 2.00 e. The Labute approximate surface area is 165 Å². The summed E-state index contributed by atoms with van der Waals surface area (Å²) >= 11 is 0. The number of halogens is 2. The van der Waals surface area contributed by atoms with E-state index in [1.165, 1.54) is 28.1 Å². The van der Waals surface area contributed by atoms with Crippen molar-refractivity contribution in [3.05, 3.63) is 57.1 Å². The van der Waals surface area contributed by atoms with Gasteiger partial charge in [0.05, 0.1) is 5.70 Å². The van der Waals surface area contributed by atoms with E-state index in [1.54, 1.807) is 10.4 Å². The standard InChI is InChI=1S/C17H19NSi.2ClH.Zr/c1-10(2)15-17-14-13(18-15)9-12(11-7-5-6-8-11)16(14)19(17,3)4;;;/h5-7,9-10H,8H2,1-4H3;2*1H;/q;;;+2/p-2. The summed E-state index contributed by atoms with van der Waals surface area (Å²) in [4.78, 5) is 4.94. The number of hydrogen-bond donors (Lipinski definition) is 0. The Hall–Kier alpha value is 0.0500. The Balaban J connectivity index is 0.000000807. The summed E-state index contributed by atoms with van der Waals surface area (Å²) in [5.41, 5.74) is 7.14. The maximum absolute atomic E-state index is 4.94. The van der Waals surface area contributed by atoms with Crippen molar-refractivity contribution >= 4 is 13.8 Å².